The third kappa shape index (κ3) is 5.01. The normalized spacial score (nSPS) is 19.5. The molecule has 0 bridgehead atoms. The summed E-state index contributed by atoms with van der Waals surface area (Å²) >= 11 is 0. The fourth-order valence-corrected chi connectivity index (χ4v) is 8.19. The Labute approximate surface area is 217 Å². The molecule has 3 aliphatic rings. The number of nitriles is 1. The topological polar surface area (TPSA) is 136 Å². The minimum absolute atomic E-state index is 0.0296. The number of carbonyl (C=O) groups excluding carboxylic acids is 1. The van der Waals surface area contributed by atoms with Crippen molar-refractivity contribution >= 4 is 31.8 Å². The number of nitrogens with zero attached hydrogens (tertiary/aromatic N) is 2. The van der Waals surface area contributed by atoms with Gasteiger partial charge in [0.2, 0.25) is 10.0 Å². The van der Waals surface area contributed by atoms with Crippen LogP contribution in [0.1, 0.15) is 53.5 Å². The predicted octanol–water partition coefficient (Wildman–Crippen LogP) is 3.35. The smallest absolute Gasteiger partial charge is 0.307 e. The van der Waals surface area contributed by atoms with Crippen LogP contribution in [0.3, 0.4) is 0 Å². The van der Waals surface area contributed by atoms with E-state index in [-0.39, 0.29) is 17.0 Å². The molecule has 1 aliphatic heterocycles. The fraction of sp³-hybridized carbons (Fsp3) is 0.385. The summed E-state index contributed by atoms with van der Waals surface area (Å²) < 4.78 is 55.1. The summed E-state index contributed by atoms with van der Waals surface area (Å²) in [6.07, 6.45) is 7.89. The molecule has 1 heterocycles. The Morgan fingerprint density at radius 1 is 1.00 bits per heavy atom. The average molecular weight is 541 g/mol. The summed E-state index contributed by atoms with van der Waals surface area (Å²) in [4.78, 5) is 12.6. The van der Waals surface area contributed by atoms with Crippen molar-refractivity contribution in [1.29, 1.82) is 5.26 Å². The number of sulfonamides is 2. The molecule has 2 aromatic rings. The summed E-state index contributed by atoms with van der Waals surface area (Å²) in [7, 11) is -8.19. The van der Waals surface area contributed by atoms with Crippen molar-refractivity contribution in [2.24, 2.45) is 0 Å². The Bertz CT molecular complexity index is 1510. The maximum atomic E-state index is 13.2. The molecule has 194 valence electrons. The predicted molar refractivity (Wildman–Crippen MR) is 139 cm³/mol. The standard InChI is InChI=1S/C26H28N4O5S2/c27-17-20-6-1-2-12-24(20)37(34,35)30-14-5-9-21(30)13-15-36(32,33)29-26(31)28-25-22-10-3-7-18(22)16-19-8-4-11-23(19)25/h1-2,6,12-13,15-16,21H,3-5,7-11,14H2,(H2,28,29,31)/b15-13+/t21-/m0/s1. The molecule has 11 heteroatoms. The number of anilines is 1. The SMILES string of the molecule is N#Cc1ccccc1S(=O)(=O)N1CCC[C@H]1/C=C/S(=O)(=O)NC(=O)Nc1c2c(cc3c1CCC3)CCC2. The Morgan fingerprint density at radius 3 is 2.35 bits per heavy atom. The summed E-state index contributed by atoms with van der Waals surface area (Å²) in [5.74, 6) is 0. The third-order valence-electron chi connectivity index (χ3n) is 7.27. The maximum absolute atomic E-state index is 13.2. The Balaban J connectivity index is 1.31. The van der Waals surface area contributed by atoms with Crippen molar-refractivity contribution < 1.29 is 21.6 Å². The quantitative estimate of drug-likeness (QED) is 0.577. The van der Waals surface area contributed by atoms with Crippen LogP contribution in [-0.2, 0) is 45.7 Å². The van der Waals surface area contributed by atoms with Crippen molar-refractivity contribution in [3.05, 3.63) is 69.6 Å². The van der Waals surface area contributed by atoms with Crippen molar-refractivity contribution in [2.45, 2.75) is 62.3 Å². The van der Waals surface area contributed by atoms with Gasteiger partial charge in [-0.15, -0.1) is 0 Å². The van der Waals surface area contributed by atoms with E-state index in [1.807, 2.05) is 10.8 Å². The van der Waals surface area contributed by atoms with Crippen LogP contribution in [-0.4, -0.2) is 39.8 Å². The molecule has 0 spiro atoms. The van der Waals surface area contributed by atoms with Crippen LogP contribution in [0.4, 0.5) is 10.5 Å². The second-order valence-electron chi connectivity index (χ2n) is 9.60. The molecule has 2 aromatic carbocycles. The van der Waals surface area contributed by atoms with Crippen LogP contribution < -0.4 is 10.0 Å². The van der Waals surface area contributed by atoms with Crippen molar-refractivity contribution in [3.8, 4) is 6.07 Å². The fourth-order valence-electron chi connectivity index (χ4n) is 5.63. The van der Waals surface area contributed by atoms with Crippen LogP contribution in [0, 0.1) is 11.3 Å². The molecule has 0 unspecified atom stereocenters. The molecular weight excluding hydrogens is 512 g/mol. The molecule has 1 fully saturated rings. The molecule has 0 saturated carbocycles. The van der Waals surface area contributed by atoms with Crippen molar-refractivity contribution in [3.63, 3.8) is 0 Å². The van der Waals surface area contributed by atoms with Gasteiger partial charge in [0.05, 0.1) is 10.5 Å². The number of amides is 2. The molecule has 1 saturated heterocycles. The number of fused-ring (bicyclic) bond motifs is 2. The largest absolute Gasteiger partial charge is 0.333 e. The van der Waals surface area contributed by atoms with Gasteiger partial charge in [-0.3, -0.25) is 0 Å². The number of hydrogen-bond donors (Lipinski definition) is 2. The zero-order valence-electron chi connectivity index (χ0n) is 20.2. The van der Waals surface area contributed by atoms with Gasteiger partial charge in [-0.05, 0) is 85.8 Å². The second kappa shape index (κ2) is 9.93. The Kier molecular flexibility index (Phi) is 6.83. The lowest BCUT2D eigenvalue weighted by molar-refractivity contribution is 0.256. The molecule has 0 aromatic heterocycles. The number of carbonyl (C=O) groups is 1. The number of benzene rings is 2. The van der Waals surface area contributed by atoms with Gasteiger partial charge in [-0.2, -0.15) is 9.57 Å². The summed E-state index contributed by atoms with van der Waals surface area (Å²) in [5.41, 5.74) is 5.39. The third-order valence-corrected chi connectivity index (χ3v) is 10.2. The van der Waals surface area contributed by atoms with E-state index in [4.69, 9.17) is 0 Å². The number of nitrogens with one attached hydrogen (secondary N) is 2. The van der Waals surface area contributed by atoms with E-state index in [1.165, 1.54) is 33.6 Å². The van der Waals surface area contributed by atoms with E-state index in [2.05, 4.69) is 11.4 Å². The molecule has 0 radical (unpaired) electrons. The van der Waals surface area contributed by atoms with Gasteiger partial charge >= 0.3 is 6.03 Å². The highest BCUT2D eigenvalue weighted by Crippen LogP contribution is 2.38. The zero-order chi connectivity index (χ0) is 26.2. The molecule has 37 heavy (non-hydrogen) atoms. The molecule has 9 nitrogen and oxygen atoms in total. The zero-order valence-corrected chi connectivity index (χ0v) is 21.9. The van der Waals surface area contributed by atoms with Crippen molar-refractivity contribution in [1.82, 2.24) is 9.03 Å². The van der Waals surface area contributed by atoms with Crippen LogP contribution >= 0.6 is 0 Å². The number of hydrogen-bond acceptors (Lipinski definition) is 6. The Hall–Kier alpha value is -3.20. The summed E-state index contributed by atoms with van der Waals surface area (Å²) in [5, 5.41) is 13.0. The van der Waals surface area contributed by atoms with Crippen LogP contribution in [0.2, 0.25) is 0 Å². The minimum Gasteiger partial charge on any atom is -0.307 e. The Morgan fingerprint density at radius 2 is 1.68 bits per heavy atom. The number of rotatable bonds is 6. The first-order valence-corrected chi connectivity index (χ1v) is 15.4. The summed E-state index contributed by atoms with van der Waals surface area (Å²) in [6, 6.07) is 8.49. The van der Waals surface area contributed by atoms with Crippen LogP contribution in [0.15, 0.2) is 46.7 Å². The van der Waals surface area contributed by atoms with E-state index in [9.17, 15) is 26.9 Å². The number of urea groups is 1. The lowest BCUT2D eigenvalue weighted by Gasteiger charge is -2.22. The molecule has 5 rings (SSSR count). The molecule has 2 aliphatic carbocycles. The van der Waals surface area contributed by atoms with E-state index >= 15 is 0 Å². The highest BCUT2D eigenvalue weighted by Gasteiger charge is 2.35. The second-order valence-corrected chi connectivity index (χ2v) is 13.0. The highest BCUT2D eigenvalue weighted by atomic mass is 32.2. The average Bonchev–Trinajstić information content (AvgIpc) is 3.62. The first kappa shape index (κ1) is 25.4. The van der Waals surface area contributed by atoms with Gasteiger partial charge < -0.3 is 5.32 Å². The van der Waals surface area contributed by atoms with Crippen LogP contribution in [0.5, 0.6) is 0 Å². The highest BCUT2D eigenvalue weighted by molar-refractivity contribution is 7.93. The van der Waals surface area contributed by atoms with Crippen LogP contribution in [0.25, 0.3) is 0 Å². The van der Waals surface area contributed by atoms with Gasteiger partial charge in [0, 0.05) is 23.7 Å². The first-order valence-electron chi connectivity index (χ1n) is 12.4. The number of aryl methyl sites for hydroxylation is 2. The van der Waals surface area contributed by atoms with Gasteiger partial charge in [-0.25, -0.2) is 26.4 Å². The van der Waals surface area contributed by atoms with E-state index in [0.717, 1.165) is 60.7 Å². The first-order chi connectivity index (χ1) is 17.7. The lowest BCUT2D eigenvalue weighted by atomic mass is 9.99. The van der Waals surface area contributed by atoms with Gasteiger partial charge in [0.1, 0.15) is 6.07 Å². The maximum Gasteiger partial charge on any atom is 0.333 e. The molecular formula is C26H28N4O5S2. The summed E-state index contributed by atoms with van der Waals surface area (Å²) in [6.45, 7) is 0.204. The molecule has 2 N–H and O–H groups in total. The molecule has 1 atom stereocenters. The molecule has 2 amide bonds. The monoisotopic (exact) mass is 540 g/mol. The minimum atomic E-state index is -4.18. The van der Waals surface area contributed by atoms with E-state index < -0.39 is 32.1 Å². The van der Waals surface area contributed by atoms with Gasteiger partial charge in [0.15, 0.2) is 0 Å². The van der Waals surface area contributed by atoms with Crippen molar-refractivity contribution in [2.75, 3.05) is 11.9 Å². The van der Waals surface area contributed by atoms with Gasteiger partial charge in [-0.1, -0.05) is 24.3 Å². The van der Waals surface area contributed by atoms with E-state index in [1.54, 1.807) is 12.1 Å². The lowest BCUT2D eigenvalue weighted by Crippen LogP contribution is -2.36. The van der Waals surface area contributed by atoms with E-state index in [0.29, 0.717) is 12.8 Å². The van der Waals surface area contributed by atoms with Gasteiger partial charge in [0.25, 0.3) is 10.0 Å².